The van der Waals surface area contributed by atoms with E-state index in [-0.39, 0.29) is 14.9 Å². The molecule has 11 heteroatoms. The summed E-state index contributed by atoms with van der Waals surface area (Å²) in [7, 11) is 5.72. The lowest BCUT2D eigenvalue weighted by atomic mass is 9.96. The molecule has 5 rings (SSSR count). The van der Waals surface area contributed by atoms with E-state index in [0.29, 0.717) is 34.8 Å². The monoisotopic (exact) mass is 654 g/mol. The molecule has 3 aromatic carbocycles. The van der Waals surface area contributed by atoms with E-state index in [0.717, 1.165) is 49.4 Å². The van der Waals surface area contributed by atoms with Crippen LogP contribution < -0.4 is 61.8 Å². The summed E-state index contributed by atoms with van der Waals surface area (Å²) in [5, 5.41) is 9.24. The number of rotatable bonds is 6. The van der Waals surface area contributed by atoms with E-state index < -0.39 is 0 Å². The molecule has 0 radical (unpaired) electrons. The largest absolute Gasteiger partial charge is 0.397 e. The van der Waals surface area contributed by atoms with E-state index in [9.17, 15) is 0 Å². The topological polar surface area (TPSA) is 244 Å². The highest BCUT2D eigenvalue weighted by atomic mass is 14.8. The van der Waals surface area contributed by atoms with Crippen LogP contribution in [0.1, 0.15) is 79.5 Å². The molecule has 0 aromatic heterocycles. The van der Waals surface area contributed by atoms with Gasteiger partial charge in [0.2, 0.25) is 0 Å². The minimum Gasteiger partial charge on any atom is -0.397 e. The second-order valence-corrected chi connectivity index (χ2v) is 12.0. The van der Waals surface area contributed by atoms with Crippen molar-refractivity contribution in [1.82, 2.24) is 16.0 Å². The third-order valence-corrected chi connectivity index (χ3v) is 8.52. The summed E-state index contributed by atoms with van der Waals surface area (Å²) in [5.74, 6) is 0. The molecule has 1 fully saturated rings. The zero-order valence-electron chi connectivity index (χ0n) is 28.0. The highest BCUT2D eigenvalue weighted by Crippen LogP contribution is 2.36. The molecule has 19 N–H and O–H groups in total. The lowest BCUT2D eigenvalue weighted by molar-refractivity contribution is 0.603. The molecular weight excluding hydrogens is 586 g/mol. The van der Waals surface area contributed by atoms with Gasteiger partial charge in [-0.05, 0) is 130 Å². The molecule has 0 spiro atoms. The van der Waals surface area contributed by atoms with Gasteiger partial charge in [-0.1, -0.05) is 27.3 Å². The van der Waals surface area contributed by atoms with Crippen molar-refractivity contribution in [3.05, 3.63) is 69.3 Å². The molecule has 11 nitrogen and oxygen atoms in total. The first-order valence-corrected chi connectivity index (χ1v) is 15.8. The Labute approximate surface area is 285 Å². The molecule has 2 aliphatic carbocycles. The fourth-order valence-electron chi connectivity index (χ4n) is 5.69. The fourth-order valence-corrected chi connectivity index (χ4v) is 5.69. The second kappa shape index (κ2) is 21.2. The van der Waals surface area contributed by atoms with Crippen LogP contribution in [0.5, 0.6) is 0 Å². The molecule has 0 bridgehead atoms. The van der Waals surface area contributed by atoms with Gasteiger partial charge in [-0.15, -0.1) is 0 Å². The van der Waals surface area contributed by atoms with Gasteiger partial charge in [0.15, 0.2) is 0 Å². The van der Waals surface area contributed by atoms with E-state index in [4.69, 9.17) is 45.9 Å². The third-order valence-electron chi connectivity index (χ3n) is 8.52. The Bertz CT molecular complexity index is 1300. The highest BCUT2D eigenvalue weighted by molar-refractivity contribution is 5.75. The van der Waals surface area contributed by atoms with Crippen LogP contribution in [-0.4, -0.2) is 33.2 Å². The number of hydrogen-bond donors (Lipinski definition) is 11. The maximum Gasteiger partial charge on any atom is 0.0583 e. The Morgan fingerprint density at radius 3 is 1.32 bits per heavy atom. The maximum atomic E-state index is 5.93. The SMILES string of the molecule is C.C.CNCc1cc(N)c(N)cc1CNC.CNCc1ccc(N)c(N)c1.Cc1c(N)c(N)c(C)c2c1CCC2.NC1CCCC1N. The van der Waals surface area contributed by atoms with Crippen LogP contribution in [-0.2, 0) is 32.5 Å². The predicted octanol–water partition coefficient (Wildman–Crippen LogP) is 3.91. The number of benzene rings is 3. The molecular formula is C36H67N11. The Hall–Kier alpha value is -3.74. The van der Waals surface area contributed by atoms with E-state index in [1.54, 1.807) is 0 Å². The van der Waals surface area contributed by atoms with Gasteiger partial charge in [-0.3, -0.25) is 0 Å². The Morgan fingerprint density at radius 1 is 0.574 bits per heavy atom. The summed E-state index contributed by atoms with van der Waals surface area (Å²) in [6, 6.07) is 10.1. The van der Waals surface area contributed by atoms with E-state index in [2.05, 4.69) is 29.8 Å². The number of hydrogen-bond acceptors (Lipinski definition) is 11. The summed E-state index contributed by atoms with van der Waals surface area (Å²) in [6.45, 7) is 6.60. The van der Waals surface area contributed by atoms with Gasteiger partial charge in [0.25, 0.3) is 0 Å². The molecule has 0 aliphatic heterocycles. The Balaban J connectivity index is 0.000000606. The molecule has 0 amide bonds. The summed E-state index contributed by atoms with van der Waals surface area (Å²) in [6.07, 6.45) is 7.07. The van der Waals surface area contributed by atoms with Crippen molar-refractivity contribution in [3.8, 4) is 0 Å². The fraction of sp³-hybridized carbons (Fsp3) is 0.500. The normalized spacial score (nSPS) is 15.7. The Kier molecular flexibility index (Phi) is 19.5. The average molecular weight is 654 g/mol. The first-order valence-electron chi connectivity index (χ1n) is 15.8. The number of nitrogen functional groups attached to an aromatic ring is 6. The smallest absolute Gasteiger partial charge is 0.0583 e. The zero-order chi connectivity index (χ0) is 33.7. The molecule has 0 heterocycles. The summed E-state index contributed by atoms with van der Waals surface area (Å²) < 4.78 is 0. The summed E-state index contributed by atoms with van der Waals surface area (Å²) in [4.78, 5) is 0. The van der Waals surface area contributed by atoms with Gasteiger partial charge in [0.05, 0.1) is 34.1 Å². The third kappa shape index (κ3) is 12.4. The van der Waals surface area contributed by atoms with Crippen LogP contribution in [0.25, 0.3) is 0 Å². The van der Waals surface area contributed by atoms with Crippen LogP contribution in [0.15, 0.2) is 30.3 Å². The molecule has 47 heavy (non-hydrogen) atoms. The van der Waals surface area contributed by atoms with Gasteiger partial charge in [0, 0.05) is 31.7 Å². The predicted molar refractivity (Wildman–Crippen MR) is 209 cm³/mol. The lowest BCUT2D eigenvalue weighted by Crippen LogP contribution is -2.35. The van der Waals surface area contributed by atoms with Crippen molar-refractivity contribution in [3.63, 3.8) is 0 Å². The van der Waals surface area contributed by atoms with Gasteiger partial charge in [-0.2, -0.15) is 0 Å². The molecule has 2 unspecified atom stereocenters. The van der Waals surface area contributed by atoms with Crippen molar-refractivity contribution in [2.75, 3.05) is 55.5 Å². The second-order valence-electron chi connectivity index (χ2n) is 12.0. The maximum absolute atomic E-state index is 5.93. The van der Waals surface area contributed by atoms with Crippen molar-refractivity contribution in [1.29, 1.82) is 0 Å². The van der Waals surface area contributed by atoms with E-state index in [1.165, 1.54) is 59.1 Å². The highest BCUT2D eigenvalue weighted by Gasteiger charge is 2.20. The minimum absolute atomic E-state index is 0. The standard InChI is InChI=1S/C11H16N2.C10H18N4.C8H13N3.C5H12N2.2CH4/c1-6-8-4-3-5-9(8)7(2)11(13)10(6)12;1-13-5-7-3-9(11)10(12)4-8(7)6-14-2;1-11-5-6-2-3-7(9)8(10)4-6;6-4-2-1-3-5(4)7;;/h3-5,12-13H2,1-2H3;3-4,13-14H,5-6,11-12H2,1-2H3;2-4,11H,5,9-10H2,1H3;4-5H,1-3,6-7H2;2*1H4. The lowest BCUT2D eigenvalue weighted by Gasteiger charge is -2.14. The van der Waals surface area contributed by atoms with Crippen molar-refractivity contribution in [2.45, 2.75) is 98.9 Å². The summed E-state index contributed by atoms with van der Waals surface area (Å²) >= 11 is 0. The van der Waals surface area contributed by atoms with Crippen molar-refractivity contribution >= 4 is 34.1 Å². The van der Waals surface area contributed by atoms with Crippen LogP contribution in [0.2, 0.25) is 0 Å². The van der Waals surface area contributed by atoms with Crippen LogP contribution in [0.4, 0.5) is 34.1 Å². The number of nitrogens with two attached hydrogens (primary N) is 8. The molecule has 1 saturated carbocycles. The van der Waals surface area contributed by atoms with Gasteiger partial charge >= 0.3 is 0 Å². The van der Waals surface area contributed by atoms with Gasteiger partial charge in [-0.25, -0.2) is 0 Å². The molecule has 2 atom stereocenters. The first-order chi connectivity index (χ1) is 21.4. The Morgan fingerprint density at radius 2 is 0.979 bits per heavy atom. The average Bonchev–Trinajstić information content (AvgIpc) is 3.66. The first kappa shape index (κ1) is 43.3. The minimum atomic E-state index is 0. The number of nitrogens with one attached hydrogen (secondary N) is 3. The number of anilines is 6. The van der Waals surface area contributed by atoms with E-state index in [1.807, 2.05) is 51.5 Å². The zero-order valence-corrected chi connectivity index (χ0v) is 28.0. The molecule has 3 aromatic rings. The quantitative estimate of drug-likeness (QED) is 0.170. The molecule has 0 saturated heterocycles. The van der Waals surface area contributed by atoms with E-state index >= 15 is 0 Å². The van der Waals surface area contributed by atoms with Gasteiger partial charge < -0.3 is 61.8 Å². The molecule has 2 aliphatic rings. The van der Waals surface area contributed by atoms with Crippen LogP contribution in [0, 0.1) is 13.8 Å². The van der Waals surface area contributed by atoms with Gasteiger partial charge in [0.1, 0.15) is 0 Å². The summed E-state index contributed by atoms with van der Waals surface area (Å²) in [5.41, 5.74) is 58.6. The van der Waals surface area contributed by atoms with Crippen LogP contribution >= 0.6 is 0 Å². The van der Waals surface area contributed by atoms with Crippen LogP contribution in [0.3, 0.4) is 0 Å². The number of fused-ring (bicyclic) bond motifs is 1. The van der Waals surface area contributed by atoms with Crippen molar-refractivity contribution in [2.24, 2.45) is 11.5 Å². The molecule has 266 valence electrons. The van der Waals surface area contributed by atoms with Crippen molar-refractivity contribution < 1.29 is 0 Å².